The Labute approximate surface area is 146 Å². The number of nitrogens with one attached hydrogen (secondary N) is 1. The van der Waals surface area contributed by atoms with E-state index in [0.717, 1.165) is 28.5 Å². The van der Waals surface area contributed by atoms with E-state index in [0.29, 0.717) is 0 Å². The lowest BCUT2D eigenvalue weighted by Crippen LogP contribution is -2.17. The van der Waals surface area contributed by atoms with Crippen LogP contribution in [0.15, 0.2) is 36.4 Å². The van der Waals surface area contributed by atoms with Crippen molar-refractivity contribution in [2.45, 2.75) is 32.6 Å². The first-order chi connectivity index (χ1) is 11.6. The summed E-state index contributed by atoms with van der Waals surface area (Å²) in [6, 6.07) is 11.7. The van der Waals surface area contributed by atoms with E-state index in [1.807, 2.05) is 43.3 Å². The van der Waals surface area contributed by atoms with Crippen LogP contribution >= 0.6 is 11.3 Å². The van der Waals surface area contributed by atoms with Crippen molar-refractivity contribution in [1.82, 2.24) is 0 Å². The number of Topliss-reactive ketones (excluding diaryl/α,β-unsaturated/α-hetero) is 1. The molecule has 0 aliphatic carbocycles. The van der Waals surface area contributed by atoms with Crippen molar-refractivity contribution in [3.8, 4) is 0 Å². The minimum Gasteiger partial charge on any atom is -0.372 e. The smallest absolute Gasteiger partial charge is 0.224 e. The summed E-state index contributed by atoms with van der Waals surface area (Å²) in [5, 5.41) is 2.87. The van der Waals surface area contributed by atoms with E-state index >= 15 is 0 Å². The third kappa shape index (κ3) is 4.23. The van der Waals surface area contributed by atoms with Crippen molar-refractivity contribution >= 4 is 34.4 Å². The van der Waals surface area contributed by atoms with Crippen LogP contribution in [0.3, 0.4) is 0 Å². The van der Waals surface area contributed by atoms with Gasteiger partial charge in [0.25, 0.3) is 0 Å². The average Bonchev–Trinajstić information content (AvgIpc) is 3.25. The van der Waals surface area contributed by atoms with Gasteiger partial charge in [-0.05, 0) is 56.2 Å². The second kappa shape index (κ2) is 7.62. The van der Waals surface area contributed by atoms with Crippen molar-refractivity contribution < 1.29 is 9.59 Å². The number of carbonyl (C=O) groups excluding carboxylic acids is 2. The second-order valence-corrected chi connectivity index (χ2v) is 7.41. The highest BCUT2D eigenvalue weighted by Gasteiger charge is 2.13. The molecule has 4 nitrogen and oxygen atoms in total. The quantitative estimate of drug-likeness (QED) is 0.798. The van der Waals surface area contributed by atoms with Gasteiger partial charge in [0.15, 0.2) is 5.78 Å². The highest BCUT2D eigenvalue weighted by molar-refractivity contribution is 7.14. The number of amides is 1. The third-order valence-corrected chi connectivity index (χ3v) is 5.26. The van der Waals surface area contributed by atoms with E-state index in [1.54, 1.807) is 0 Å². The van der Waals surface area contributed by atoms with Crippen molar-refractivity contribution in [3.05, 3.63) is 46.2 Å². The Balaban J connectivity index is 1.48. The van der Waals surface area contributed by atoms with Crippen LogP contribution in [-0.2, 0) is 4.79 Å². The highest BCUT2D eigenvalue weighted by Crippen LogP contribution is 2.22. The van der Waals surface area contributed by atoms with E-state index in [4.69, 9.17) is 0 Å². The van der Waals surface area contributed by atoms with Crippen LogP contribution in [0.2, 0.25) is 0 Å². The van der Waals surface area contributed by atoms with Crippen LogP contribution < -0.4 is 10.2 Å². The molecule has 1 aliphatic heterocycles. The minimum absolute atomic E-state index is 0.0348. The first-order valence-electron chi connectivity index (χ1n) is 8.36. The zero-order chi connectivity index (χ0) is 16.9. The second-order valence-electron chi connectivity index (χ2n) is 6.12. The van der Waals surface area contributed by atoms with Gasteiger partial charge < -0.3 is 10.2 Å². The SMILES string of the molecule is Cc1ccc(C(=O)CCC(=O)Nc2ccc(N3CCCC3)cc2)s1. The van der Waals surface area contributed by atoms with Gasteiger partial charge in [0.05, 0.1) is 4.88 Å². The first kappa shape index (κ1) is 16.7. The molecule has 2 heterocycles. The summed E-state index contributed by atoms with van der Waals surface area (Å²) in [7, 11) is 0. The topological polar surface area (TPSA) is 49.4 Å². The lowest BCUT2D eigenvalue weighted by Gasteiger charge is -2.17. The Morgan fingerprint density at radius 1 is 1.04 bits per heavy atom. The van der Waals surface area contributed by atoms with Gasteiger partial charge in [-0.15, -0.1) is 11.3 Å². The number of aryl methyl sites for hydroxylation is 1. The van der Waals surface area contributed by atoms with E-state index in [1.165, 1.54) is 29.9 Å². The summed E-state index contributed by atoms with van der Waals surface area (Å²) < 4.78 is 0. The normalized spacial score (nSPS) is 14.0. The molecule has 126 valence electrons. The van der Waals surface area contributed by atoms with Crippen LogP contribution in [0, 0.1) is 6.92 Å². The Kier molecular flexibility index (Phi) is 5.30. The zero-order valence-electron chi connectivity index (χ0n) is 13.9. The lowest BCUT2D eigenvalue weighted by molar-refractivity contribution is -0.116. The number of benzene rings is 1. The largest absolute Gasteiger partial charge is 0.372 e. The maximum atomic E-state index is 12.0. The van der Waals surface area contributed by atoms with Crippen molar-refractivity contribution in [2.75, 3.05) is 23.3 Å². The number of rotatable bonds is 6. The monoisotopic (exact) mass is 342 g/mol. The molecule has 1 N–H and O–H groups in total. The molecule has 0 unspecified atom stereocenters. The molecule has 0 atom stereocenters. The molecule has 1 aromatic carbocycles. The Morgan fingerprint density at radius 3 is 2.38 bits per heavy atom. The Morgan fingerprint density at radius 2 is 1.75 bits per heavy atom. The number of carbonyl (C=O) groups is 2. The van der Waals surface area contributed by atoms with Gasteiger partial charge in [-0.1, -0.05) is 0 Å². The van der Waals surface area contributed by atoms with Crippen LogP contribution in [-0.4, -0.2) is 24.8 Å². The summed E-state index contributed by atoms with van der Waals surface area (Å²) >= 11 is 1.48. The number of anilines is 2. The number of thiophene rings is 1. The van der Waals surface area contributed by atoms with Crippen molar-refractivity contribution in [3.63, 3.8) is 0 Å². The molecule has 1 aliphatic rings. The van der Waals surface area contributed by atoms with E-state index in [-0.39, 0.29) is 24.5 Å². The average molecular weight is 342 g/mol. The molecule has 2 aromatic rings. The van der Waals surface area contributed by atoms with Gasteiger partial charge >= 0.3 is 0 Å². The van der Waals surface area contributed by atoms with Gasteiger partial charge in [0.2, 0.25) is 5.91 Å². The number of hydrogen-bond donors (Lipinski definition) is 1. The maximum absolute atomic E-state index is 12.0. The molecule has 0 saturated carbocycles. The van der Waals surface area contributed by atoms with Crippen LogP contribution in [0.25, 0.3) is 0 Å². The van der Waals surface area contributed by atoms with Crippen LogP contribution in [0.5, 0.6) is 0 Å². The molecule has 24 heavy (non-hydrogen) atoms. The fraction of sp³-hybridized carbons (Fsp3) is 0.368. The number of ketones is 1. The van der Waals surface area contributed by atoms with Gasteiger partial charge in [-0.2, -0.15) is 0 Å². The van der Waals surface area contributed by atoms with Gasteiger partial charge in [-0.3, -0.25) is 9.59 Å². The standard InChI is InChI=1S/C19H22N2O2S/c1-14-4-10-18(24-14)17(22)9-11-19(23)20-15-5-7-16(8-6-15)21-12-2-3-13-21/h4-8,10H,2-3,9,11-13H2,1H3,(H,20,23). The molecule has 1 amide bonds. The molecule has 0 radical (unpaired) electrons. The molecular weight excluding hydrogens is 320 g/mol. The number of hydrogen-bond acceptors (Lipinski definition) is 4. The van der Waals surface area contributed by atoms with Crippen LogP contribution in [0.1, 0.15) is 40.2 Å². The Bertz CT molecular complexity index is 715. The fourth-order valence-electron chi connectivity index (χ4n) is 2.89. The molecule has 1 fully saturated rings. The molecule has 0 bridgehead atoms. The molecule has 1 saturated heterocycles. The van der Waals surface area contributed by atoms with Crippen molar-refractivity contribution in [2.24, 2.45) is 0 Å². The third-order valence-electron chi connectivity index (χ3n) is 4.22. The lowest BCUT2D eigenvalue weighted by atomic mass is 10.2. The minimum atomic E-state index is -0.120. The van der Waals surface area contributed by atoms with Gasteiger partial charge in [0.1, 0.15) is 0 Å². The molecule has 3 rings (SSSR count). The predicted molar refractivity (Wildman–Crippen MR) is 99.1 cm³/mol. The van der Waals surface area contributed by atoms with Gasteiger partial charge in [-0.25, -0.2) is 0 Å². The zero-order valence-corrected chi connectivity index (χ0v) is 14.7. The first-order valence-corrected chi connectivity index (χ1v) is 9.18. The summed E-state index contributed by atoms with van der Waals surface area (Å²) in [6.07, 6.45) is 2.95. The van der Waals surface area contributed by atoms with Gasteiger partial charge in [0, 0.05) is 42.2 Å². The van der Waals surface area contributed by atoms with E-state index in [2.05, 4.69) is 10.2 Å². The summed E-state index contributed by atoms with van der Waals surface area (Å²) in [5.41, 5.74) is 1.98. The summed E-state index contributed by atoms with van der Waals surface area (Å²) in [5.74, 6) is -0.0850. The maximum Gasteiger partial charge on any atom is 0.224 e. The molecule has 0 spiro atoms. The van der Waals surface area contributed by atoms with E-state index < -0.39 is 0 Å². The number of nitrogens with zero attached hydrogens (tertiary/aromatic N) is 1. The summed E-state index contributed by atoms with van der Waals surface area (Å²) in [6.45, 7) is 4.19. The predicted octanol–water partition coefficient (Wildman–Crippen LogP) is 4.26. The Hall–Kier alpha value is -2.14. The van der Waals surface area contributed by atoms with Crippen LogP contribution in [0.4, 0.5) is 11.4 Å². The molecular formula is C19H22N2O2S. The van der Waals surface area contributed by atoms with E-state index in [9.17, 15) is 9.59 Å². The summed E-state index contributed by atoms with van der Waals surface area (Å²) in [4.78, 5) is 28.3. The molecule has 1 aromatic heterocycles. The van der Waals surface area contributed by atoms with Crippen molar-refractivity contribution in [1.29, 1.82) is 0 Å². The fourth-order valence-corrected chi connectivity index (χ4v) is 3.72. The molecule has 5 heteroatoms. The highest BCUT2D eigenvalue weighted by atomic mass is 32.1.